The molecule has 0 fully saturated rings. The molecule has 0 heterocycles. The molecule has 0 N–H and O–H groups in total. The van der Waals surface area contributed by atoms with Crippen molar-refractivity contribution in [3.63, 3.8) is 0 Å². The number of halogens is 1. The highest BCUT2D eigenvalue weighted by Crippen LogP contribution is 2.03. The van der Waals surface area contributed by atoms with Crippen LogP contribution in [0.5, 0.6) is 0 Å². The van der Waals surface area contributed by atoms with Crippen molar-refractivity contribution in [2.75, 3.05) is 5.88 Å². The van der Waals surface area contributed by atoms with Crippen LogP contribution >= 0.6 is 11.6 Å². The molecular formula is C11H21Cl. The van der Waals surface area contributed by atoms with Crippen molar-refractivity contribution in [3.8, 4) is 0 Å². The lowest BCUT2D eigenvalue weighted by molar-refractivity contribution is 0.729. The molecule has 0 aliphatic rings. The van der Waals surface area contributed by atoms with E-state index in [4.69, 9.17) is 11.6 Å². The molecule has 0 saturated heterocycles. The molecule has 0 aromatic heterocycles. The van der Waals surface area contributed by atoms with Crippen LogP contribution in [0.3, 0.4) is 0 Å². The monoisotopic (exact) mass is 188 g/mol. The zero-order valence-electron chi connectivity index (χ0n) is 8.19. The molecule has 0 saturated carbocycles. The minimum atomic E-state index is 0.819. The fourth-order valence-electron chi connectivity index (χ4n) is 1.09. The predicted molar refractivity (Wildman–Crippen MR) is 57.9 cm³/mol. The Morgan fingerprint density at radius 2 is 1.58 bits per heavy atom. The molecule has 0 spiro atoms. The second kappa shape index (κ2) is 11.0. The molecule has 12 heavy (non-hydrogen) atoms. The summed E-state index contributed by atoms with van der Waals surface area (Å²) in [5.74, 6) is 0.819. The van der Waals surface area contributed by atoms with Gasteiger partial charge in [0.1, 0.15) is 0 Å². The molecule has 1 heteroatoms. The fourth-order valence-corrected chi connectivity index (χ4v) is 1.28. The smallest absolute Gasteiger partial charge is 0.0223 e. The Balaban J connectivity index is 2.92. The molecule has 0 rings (SSSR count). The van der Waals surface area contributed by atoms with Crippen molar-refractivity contribution in [2.24, 2.45) is 0 Å². The van der Waals surface area contributed by atoms with Crippen molar-refractivity contribution < 1.29 is 0 Å². The number of hydrogen-bond acceptors (Lipinski definition) is 0. The van der Waals surface area contributed by atoms with Crippen molar-refractivity contribution in [1.82, 2.24) is 0 Å². The third-order valence-electron chi connectivity index (χ3n) is 1.90. The van der Waals surface area contributed by atoms with Gasteiger partial charge in [-0.15, -0.1) is 11.6 Å². The van der Waals surface area contributed by atoms with Gasteiger partial charge in [0.05, 0.1) is 0 Å². The third kappa shape index (κ3) is 10.0. The molecular weight excluding hydrogens is 168 g/mol. The zero-order valence-corrected chi connectivity index (χ0v) is 8.95. The van der Waals surface area contributed by atoms with Crippen molar-refractivity contribution >= 4 is 11.6 Å². The number of hydrogen-bond donors (Lipinski definition) is 0. The van der Waals surface area contributed by atoms with Crippen molar-refractivity contribution in [3.05, 3.63) is 12.2 Å². The first-order valence-electron chi connectivity index (χ1n) is 5.12. The minimum Gasteiger partial charge on any atom is -0.127 e. The van der Waals surface area contributed by atoms with Gasteiger partial charge < -0.3 is 0 Å². The zero-order chi connectivity index (χ0) is 9.07. The van der Waals surface area contributed by atoms with Crippen LogP contribution in [0.15, 0.2) is 12.2 Å². The van der Waals surface area contributed by atoms with Crippen LogP contribution in [0.4, 0.5) is 0 Å². The summed E-state index contributed by atoms with van der Waals surface area (Å²) in [5.41, 5.74) is 0. The largest absolute Gasteiger partial charge is 0.127 e. The fraction of sp³-hybridized carbons (Fsp3) is 0.818. The van der Waals surface area contributed by atoms with Gasteiger partial charge in [-0.05, 0) is 25.7 Å². The summed E-state index contributed by atoms with van der Waals surface area (Å²) in [7, 11) is 0. The maximum Gasteiger partial charge on any atom is 0.0223 e. The van der Waals surface area contributed by atoms with Crippen LogP contribution in [0, 0.1) is 0 Å². The van der Waals surface area contributed by atoms with E-state index in [1.807, 2.05) is 0 Å². The highest BCUT2D eigenvalue weighted by atomic mass is 35.5. The molecule has 0 aromatic carbocycles. The van der Waals surface area contributed by atoms with E-state index in [0.29, 0.717) is 0 Å². The predicted octanol–water partition coefficient (Wildman–Crippen LogP) is 4.53. The summed E-state index contributed by atoms with van der Waals surface area (Å²) in [6, 6.07) is 0. The third-order valence-corrected chi connectivity index (χ3v) is 2.16. The Kier molecular flexibility index (Phi) is 11.1. The Bertz CT molecular complexity index is 97.2. The molecule has 0 aliphatic carbocycles. The second-order valence-electron chi connectivity index (χ2n) is 3.15. The van der Waals surface area contributed by atoms with Crippen LogP contribution < -0.4 is 0 Å². The van der Waals surface area contributed by atoms with E-state index in [1.165, 1.54) is 44.9 Å². The minimum absolute atomic E-state index is 0.819. The lowest BCUT2D eigenvalue weighted by atomic mass is 10.2. The maximum atomic E-state index is 5.56. The molecule has 0 atom stereocenters. The average Bonchev–Trinajstić information content (AvgIpc) is 2.10. The first-order valence-corrected chi connectivity index (χ1v) is 5.66. The highest BCUT2D eigenvalue weighted by molar-refractivity contribution is 6.17. The molecule has 72 valence electrons. The molecule has 0 radical (unpaired) electrons. The van der Waals surface area contributed by atoms with Gasteiger partial charge in [0.15, 0.2) is 0 Å². The first kappa shape index (κ1) is 12.0. The molecule has 0 nitrogen and oxygen atoms in total. The standard InChI is InChI=1S/C11H21Cl/c1-2-3-4-5-6-7-8-9-10-11-12/h5-6H,2-4,7-11H2,1H3. The summed E-state index contributed by atoms with van der Waals surface area (Å²) in [6.45, 7) is 2.23. The van der Waals surface area contributed by atoms with Gasteiger partial charge in [-0.1, -0.05) is 38.3 Å². The van der Waals surface area contributed by atoms with Gasteiger partial charge in [-0.3, -0.25) is 0 Å². The van der Waals surface area contributed by atoms with E-state index in [0.717, 1.165) is 5.88 Å². The normalized spacial score (nSPS) is 11.2. The Labute approximate surface area is 82.0 Å². The number of alkyl halides is 1. The van der Waals surface area contributed by atoms with Gasteiger partial charge in [-0.25, -0.2) is 0 Å². The molecule has 0 aliphatic heterocycles. The van der Waals surface area contributed by atoms with Gasteiger partial charge in [0.2, 0.25) is 0 Å². The van der Waals surface area contributed by atoms with Crippen LogP contribution in [0.1, 0.15) is 51.9 Å². The van der Waals surface area contributed by atoms with E-state index < -0.39 is 0 Å². The van der Waals surface area contributed by atoms with E-state index in [9.17, 15) is 0 Å². The summed E-state index contributed by atoms with van der Waals surface area (Å²) < 4.78 is 0. The molecule has 0 bridgehead atoms. The van der Waals surface area contributed by atoms with Crippen LogP contribution in [-0.2, 0) is 0 Å². The van der Waals surface area contributed by atoms with Crippen molar-refractivity contribution in [1.29, 1.82) is 0 Å². The lowest BCUT2D eigenvalue weighted by Crippen LogP contribution is -1.76. The summed E-state index contributed by atoms with van der Waals surface area (Å²) >= 11 is 5.56. The van der Waals surface area contributed by atoms with E-state index >= 15 is 0 Å². The molecule has 0 unspecified atom stereocenters. The van der Waals surface area contributed by atoms with Crippen LogP contribution in [0.2, 0.25) is 0 Å². The van der Waals surface area contributed by atoms with Gasteiger partial charge in [-0.2, -0.15) is 0 Å². The average molecular weight is 189 g/mol. The SMILES string of the molecule is CCCCC=CCCCCCCl. The quantitative estimate of drug-likeness (QED) is 0.298. The maximum absolute atomic E-state index is 5.56. The van der Waals surface area contributed by atoms with Gasteiger partial charge in [0.25, 0.3) is 0 Å². The highest BCUT2D eigenvalue weighted by Gasteiger charge is 1.84. The van der Waals surface area contributed by atoms with Gasteiger partial charge in [0, 0.05) is 5.88 Å². The summed E-state index contributed by atoms with van der Waals surface area (Å²) in [4.78, 5) is 0. The first-order chi connectivity index (χ1) is 5.91. The Morgan fingerprint density at radius 3 is 2.17 bits per heavy atom. The van der Waals surface area contributed by atoms with E-state index in [1.54, 1.807) is 0 Å². The second-order valence-corrected chi connectivity index (χ2v) is 3.53. The van der Waals surface area contributed by atoms with E-state index in [-0.39, 0.29) is 0 Å². The Morgan fingerprint density at radius 1 is 0.917 bits per heavy atom. The van der Waals surface area contributed by atoms with Crippen LogP contribution in [-0.4, -0.2) is 5.88 Å². The van der Waals surface area contributed by atoms with Crippen molar-refractivity contribution in [2.45, 2.75) is 51.9 Å². The Hall–Kier alpha value is 0.0300. The van der Waals surface area contributed by atoms with Gasteiger partial charge >= 0.3 is 0 Å². The number of allylic oxidation sites excluding steroid dienone is 2. The summed E-state index contributed by atoms with van der Waals surface area (Å²) in [6.07, 6.45) is 13.5. The van der Waals surface area contributed by atoms with Crippen LogP contribution in [0.25, 0.3) is 0 Å². The summed E-state index contributed by atoms with van der Waals surface area (Å²) in [5, 5.41) is 0. The molecule has 0 amide bonds. The number of unbranched alkanes of at least 4 members (excludes halogenated alkanes) is 5. The van der Waals surface area contributed by atoms with E-state index in [2.05, 4.69) is 19.1 Å². The topological polar surface area (TPSA) is 0 Å². The number of rotatable bonds is 8. The lowest BCUT2D eigenvalue weighted by Gasteiger charge is -1.93. The molecule has 0 aromatic rings.